The van der Waals surface area contributed by atoms with Crippen LogP contribution in [0.2, 0.25) is 0 Å². The number of methoxy groups -OCH3 is 1. The molecule has 1 aromatic carbocycles. The molecule has 2 rings (SSSR count). The van der Waals surface area contributed by atoms with Crippen molar-refractivity contribution in [3.05, 3.63) is 35.4 Å². The summed E-state index contributed by atoms with van der Waals surface area (Å²) < 4.78 is 5.15. The SMILES string of the molecule is CCC1CN(C(=O)NCc2ccc(C(=O)O)cc2)CCN1CCOC. The number of amides is 2. The van der Waals surface area contributed by atoms with Gasteiger partial charge >= 0.3 is 12.0 Å². The Balaban J connectivity index is 1.83. The lowest BCUT2D eigenvalue weighted by molar-refractivity contribution is 0.0623. The van der Waals surface area contributed by atoms with Gasteiger partial charge in [-0.1, -0.05) is 19.1 Å². The van der Waals surface area contributed by atoms with Crippen LogP contribution in [0.4, 0.5) is 4.79 Å². The minimum atomic E-state index is -0.951. The summed E-state index contributed by atoms with van der Waals surface area (Å²) in [4.78, 5) is 27.5. The molecular formula is C18H27N3O4. The quantitative estimate of drug-likeness (QED) is 0.782. The third kappa shape index (κ3) is 5.44. The molecule has 0 spiro atoms. The Hall–Kier alpha value is -2.12. The standard InChI is InChI=1S/C18H27N3O4/c1-3-16-13-21(9-8-20(16)10-11-25-2)18(24)19-12-14-4-6-15(7-5-14)17(22)23/h4-7,16H,3,8-13H2,1-2H3,(H,19,24)(H,22,23). The number of carboxylic acid groups (broad SMARTS) is 1. The molecule has 1 unspecified atom stereocenters. The zero-order chi connectivity index (χ0) is 18.2. The molecule has 138 valence electrons. The number of aromatic carboxylic acids is 1. The van der Waals surface area contributed by atoms with Gasteiger partial charge in [0.2, 0.25) is 0 Å². The molecule has 1 atom stereocenters. The second-order valence-electron chi connectivity index (χ2n) is 6.20. The van der Waals surface area contributed by atoms with Gasteiger partial charge in [-0.3, -0.25) is 4.90 Å². The smallest absolute Gasteiger partial charge is 0.335 e. The van der Waals surface area contributed by atoms with Crippen LogP contribution >= 0.6 is 0 Å². The summed E-state index contributed by atoms with van der Waals surface area (Å²) in [6, 6.07) is 6.82. The first-order valence-electron chi connectivity index (χ1n) is 8.63. The molecule has 1 fully saturated rings. The molecule has 0 bridgehead atoms. The summed E-state index contributed by atoms with van der Waals surface area (Å²) in [6.45, 7) is 6.38. The van der Waals surface area contributed by atoms with Crippen molar-refractivity contribution in [2.45, 2.75) is 25.9 Å². The van der Waals surface area contributed by atoms with Crippen LogP contribution in [0.3, 0.4) is 0 Å². The number of hydrogen-bond acceptors (Lipinski definition) is 4. The number of nitrogens with zero attached hydrogens (tertiary/aromatic N) is 2. The molecule has 1 heterocycles. The number of piperazine rings is 1. The molecule has 1 aliphatic heterocycles. The summed E-state index contributed by atoms with van der Waals surface area (Å²) in [7, 11) is 1.70. The fourth-order valence-electron chi connectivity index (χ4n) is 3.02. The zero-order valence-electron chi connectivity index (χ0n) is 14.9. The van der Waals surface area contributed by atoms with Gasteiger partial charge in [-0.05, 0) is 24.1 Å². The molecule has 7 heteroatoms. The number of rotatable bonds is 7. The van der Waals surface area contributed by atoms with E-state index < -0.39 is 5.97 Å². The normalized spacial score (nSPS) is 18.2. The van der Waals surface area contributed by atoms with E-state index in [2.05, 4.69) is 17.1 Å². The van der Waals surface area contributed by atoms with Crippen LogP contribution in [-0.2, 0) is 11.3 Å². The Morgan fingerprint density at radius 1 is 1.28 bits per heavy atom. The van der Waals surface area contributed by atoms with E-state index in [-0.39, 0.29) is 11.6 Å². The van der Waals surface area contributed by atoms with Gasteiger partial charge in [0.15, 0.2) is 0 Å². The second kappa shape index (κ2) is 9.39. The third-order valence-corrected chi connectivity index (χ3v) is 4.59. The molecule has 1 aromatic rings. The van der Waals surface area contributed by atoms with Gasteiger partial charge < -0.3 is 20.1 Å². The topological polar surface area (TPSA) is 82.1 Å². The van der Waals surface area contributed by atoms with Gasteiger partial charge in [-0.25, -0.2) is 9.59 Å². The van der Waals surface area contributed by atoms with Gasteiger partial charge in [0, 0.05) is 45.9 Å². The number of hydrogen-bond donors (Lipinski definition) is 2. The molecule has 2 N–H and O–H groups in total. The maximum absolute atomic E-state index is 12.4. The number of carboxylic acids is 1. The first kappa shape index (κ1) is 19.2. The number of benzene rings is 1. The van der Waals surface area contributed by atoms with E-state index in [0.717, 1.165) is 25.1 Å². The summed E-state index contributed by atoms with van der Waals surface area (Å²) in [5.41, 5.74) is 1.12. The molecule has 0 aromatic heterocycles. The van der Waals surface area contributed by atoms with E-state index in [9.17, 15) is 9.59 Å². The molecule has 0 saturated carbocycles. The Morgan fingerprint density at radius 3 is 2.60 bits per heavy atom. The highest BCUT2D eigenvalue weighted by Crippen LogP contribution is 2.13. The monoisotopic (exact) mass is 349 g/mol. The summed E-state index contributed by atoms with van der Waals surface area (Å²) >= 11 is 0. The van der Waals surface area contributed by atoms with Crippen molar-refractivity contribution in [3.8, 4) is 0 Å². The second-order valence-corrected chi connectivity index (χ2v) is 6.20. The average Bonchev–Trinajstić information content (AvgIpc) is 2.64. The van der Waals surface area contributed by atoms with Gasteiger partial charge in [0.1, 0.15) is 0 Å². The Labute approximate surface area is 148 Å². The Bertz CT molecular complexity index is 576. The molecule has 7 nitrogen and oxygen atoms in total. The van der Waals surface area contributed by atoms with Crippen LogP contribution in [0.15, 0.2) is 24.3 Å². The van der Waals surface area contributed by atoms with Crippen molar-refractivity contribution in [2.75, 3.05) is 39.9 Å². The van der Waals surface area contributed by atoms with Gasteiger partial charge in [-0.2, -0.15) is 0 Å². The Morgan fingerprint density at radius 2 is 2.00 bits per heavy atom. The van der Waals surface area contributed by atoms with Crippen molar-refractivity contribution in [3.63, 3.8) is 0 Å². The lowest BCUT2D eigenvalue weighted by Gasteiger charge is -2.41. The number of carbonyl (C=O) groups excluding carboxylic acids is 1. The van der Waals surface area contributed by atoms with Crippen molar-refractivity contribution in [1.82, 2.24) is 15.1 Å². The maximum atomic E-state index is 12.4. The molecule has 0 radical (unpaired) electrons. The number of nitrogens with one attached hydrogen (secondary N) is 1. The van der Waals surface area contributed by atoms with Crippen LogP contribution in [0.5, 0.6) is 0 Å². The predicted octanol–water partition coefficient (Wildman–Crippen LogP) is 1.64. The number of urea groups is 1. The minimum Gasteiger partial charge on any atom is -0.478 e. The number of ether oxygens (including phenoxy) is 1. The molecule has 2 amide bonds. The van der Waals surface area contributed by atoms with E-state index in [1.807, 2.05) is 4.90 Å². The molecular weight excluding hydrogens is 322 g/mol. The lowest BCUT2D eigenvalue weighted by Crippen LogP contribution is -2.57. The van der Waals surface area contributed by atoms with E-state index in [0.29, 0.717) is 32.3 Å². The summed E-state index contributed by atoms with van der Waals surface area (Å²) in [5, 5.41) is 11.8. The van der Waals surface area contributed by atoms with E-state index >= 15 is 0 Å². The molecule has 1 aliphatic rings. The summed E-state index contributed by atoms with van der Waals surface area (Å²) in [6.07, 6.45) is 0.990. The first-order chi connectivity index (χ1) is 12.0. The van der Waals surface area contributed by atoms with Crippen molar-refractivity contribution in [1.29, 1.82) is 0 Å². The van der Waals surface area contributed by atoms with Crippen LogP contribution in [0, 0.1) is 0 Å². The fraction of sp³-hybridized carbons (Fsp3) is 0.556. The van der Waals surface area contributed by atoms with Gasteiger partial charge in [0.25, 0.3) is 0 Å². The van der Waals surface area contributed by atoms with Gasteiger partial charge in [-0.15, -0.1) is 0 Å². The number of carbonyl (C=O) groups is 2. The maximum Gasteiger partial charge on any atom is 0.335 e. The highest BCUT2D eigenvalue weighted by atomic mass is 16.5. The summed E-state index contributed by atoms with van der Waals surface area (Å²) in [5.74, 6) is -0.951. The average molecular weight is 349 g/mol. The van der Waals surface area contributed by atoms with Gasteiger partial charge in [0.05, 0.1) is 12.2 Å². The van der Waals surface area contributed by atoms with Crippen molar-refractivity contribution in [2.24, 2.45) is 0 Å². The fourth-order valence-corrected chi connectivity index (χ4v) is 3.02. The van der Waals surface area contributed by atoms with E-state index in [1.54, 1.807) is 31.4 Å². The van der Waals surface area contributed by atoms with Crippen LogP contribution in [0.1, 0.15) is 29.3 Å². The predicted molar refractivity (Wildman–Crippen MR) is 94.7 cm³/mol. The highest BCUT2D eigenvalue weighted by molar-refractivity contribution is 5.87. The van der Waals surface area contributed by atoms with Crippen LogP contribution < -0.4 is 5.32 Å². The first-order valence-corrected chi connectivity index (χ1v) is 8.63. The minimum absolute atomic E-state index is 0.0767. The molecule has 25 heavy (non-hydrogen) atoms. The lowest BCUT2D eigenvalue weighted by atomic mass is 10.1. The largest absolute Gasteiger partial charge is 0.478 e. The molecule has 0 aliphatic carbocycles. The van der Waals surface area contributed by atoms with E-state index in [1.165, 1.54) is 0 Å². The van der Waals surface area contributed by atoms with E-state index in [4.69, 9.17) is 9.84 Å². The van der Waals surface area contributed by atoms with Crippen LogP contribution in [-0.4, -0.2) is 72.8 Å². The highest BCUT2D eigenvalue weighted by Gasteiger charge is 2.27. The van der Waals surface area contributed by atoms with Crippen LogP contribution in [0.25, 0.3) is 0 Å². The van der Waals surface area contributed by atoms with Crippen molar-refractivity contribution < 1.29 is 19.4 Å². The zero-order valence-corrected chi connectivity index (χ0v) is 14.9. The molecule has 1 saturated heterocycles. The third-order valence-electron chi connectivity index (χ3n) is 4.59. The van der Waals surface area contributed by atoms with Crippen molar-refractivity contribution >= 4 is 12.0 Å². The Kier molecular flexibility index (Phi) is 7.21.